The van der Waals surface area contributed by atoms with E-state index in [1.54, 1.807) is 0 Å². The quantitative estimate of drug-likeness (QED) is 0.240. The van der Waals surface area contributed by atoms with Gasteiger partial charge in [-0.05, 0) is 48.9 Å². The topological polar surface area (TPSA) is 67.8 Å². The fraction of sp³-hybridized carbons (Fsp3) is 0.400. The summed E-state index contributed by atoms with van der Waals surface area (Å²) in [6.45, 7) is 0. The number of carbonyl (C=O) groups is 2. The van der Waals surface area contributed by atoms with Crippen molar-refractivity contribution in [3.8, 4) is 0 Å². The van der Waals surface area contributed by atoms with Crippen LogP contribution in [0.4, 0.5) is 17.6 Å². The number of nitrogens with one attached hydrogen (secondary N) is 1. The first kappa shape index (κ1) is 26.3. The molecule has 2 aliphatic carbocycles. The van der Waals surface area contributed by atoms with Crippen molar-refractivity contribution in [3.05, 3.63) is 68.2 Å². The van der Waals surface area contributed by atoms with Crippen molar-refractivity contribution in [2.45, 2.75) is 49.6 Å². The standard InChI is InChI=1S/C25H19Cl3F4N2O3/c26-17-7-16(8-18(27)20(17)28)24(25(30,31)32)11-19(34-37-24)12-3-5-15(6-4-12)23(29)9-14(10-23)22(36)33-21(35)13-1-2-13/h3-8,13-14H,1-2,9-11H2,(H,33,35,36). The van der Waals surface area contributed by atoms with Crippen molar-refractivity contribution >= 4 is 52.3 Å². The molecule has 5 rings (SSSR count). The van der Waals surface area contributed by atoms with E-state index in [1.165, 1.54) is 24.3 Å². The fourth-order valence-electron chi connectivity index (χ4n) is 4.62. The van der Waals surface area contributed by atoms with Crippen LogP contribution in [0.1, 0.15) is 48.8 Å². The maximum atomic E-state index is 15.4. The number of halogens is 7. The Hall–Kier alpha value is -2.36. The predicted octanol–water partition coefficient (Wildman–Crippen LogP) is 6.86. The van der Waals surface area contributed by atoms with Gasteiger partial charge < -0.3 is 4.84 Å². The monoisotopic (exact) mass is 576 g/mol. The van der Waals surface area contributed by atoms with Gasteiger partial charge in [-0.2, -0.15) is 13.2 Å². The minimum absolute atomic E-state index is 0.00318. The average molecular weight is 578 g/mol. The Morgan fingerprint density at radius 2 is 1.51 bits per heavy atom. The Labute approximate surface area is 224 Å². The van der Waals surface area contributed by atoms with E-state index in [9.17, 15) is 22.8 Å². The summed E-state index contributed by atoms with van der Waals surface area (Å²) < 4.78 is 58.1. The lowest BCUT2D eigenvalue weighted by Crippen LogP contribution is -2.47. The number of carbonyl (C=O) groups excluding carboxylic acids is 2. The number of amides is 2. The van der Waals surface area contributed by atoms with E-state index < -0.39 is 35.7 Å². The lowest BCUT2D eigenvalue weighted by molar-refractivity contribution is -0.275. The van der Waals surface area contributed by atoms with Crippen molar-refractivity contribution in [1.29, 1.82) is 0 Å². The van der Waals surface area contributed by atoms with Crippen molar-refractivity contribution in [2.24, 2.45) is 17.0 Å². The van der Waals surface area contributed by atoms with Gasteiger partial charge in [0.25, 0.3) is 5.60 Å². The largest absolute Gasteiger partial charge is 0.435 e. The minimum atomic E-state index is -4.87. The van der Waals surface area contributed by atoms with Gasteiger partial charge in [0.15, 0.2) is 0 Å². The van der Waals surface area contributed by atoms with Crippen LogP contribution in [0.25, 0.3) is 0 Å². The van der Waals surface area contributed by atoms with E-state index >= 15 is 4.39 Å². The average Bonchev–Trinajstić information content (AvgIpc) is 3.57. The first-order valence-corrected chi connectivity index (χ1v) is 12.6. The third-order valence-corrected chi connectivity index (χ3v) is 8.27. The van der Waals surface area contributed by atoms with Crippen molar-refractivity contribution in [1.82, 2.24) is 5.32 Å². The molecule has 2 saturated carbocycles. The first-order chi connectivity index (χ1) is 17.3. The highest BCUT2D eigenvalue weighted by molar-refractivity contribution is 6.48. The number of alkyl halides is 4. The number of hydrogen-bond donors (Lipinski definition) is 1. The number of nitrogens with zero attached hydrogens (tertiary/aromatic N) is 1. The van der Waals surface area contributed by atoms with E-state index in [0.29, 0.717) is 5.56 Å². The second-order valence-electron chi connectivity index (χ2n) is 9.66. The molecule has 3 aliphatic rings. The molecule has 12 heteroatoms. The molecule has 2 aromatic carbocycles. The smallest absolute Gasteiger partial charge is 0.374 e. The Morgan fingerprint density at radius 3 is 2.05 bits per heavy atom. The Balaban J connectivity index is 1.29. The second-order valence-corrected chi connectivity index (χ2v) is 10.9. The van der Waals surface area contributed by atoms with Crippen LogP contribution in [-0.2, 0) is 25.7 Å². The molecule has 1 unspecified atom stereocenters. The second kappa shape index (κ2) is 9.13. The van der Waals surface area contributed by atoms with Crippen LogP contribution in [-0.4, -0.2) is 23.7 Å². The Morgan fingerprint density at radius 1 is 0.946 bits per heavy atom. The maximum absolute atomic E-state index is 15.4. The third-order valence-electron chi connectivity index (χ3n) is 7.08. The van der Waals surface area contributed by atoms with Crippen LogP contribution < -0.4 is 5.32 Å². The van der Waals surface area contributed by atoms with Gasteiger partial charge in [-0.3, -0.25) is 14.9 Å². The van der Waals surface area contributed by atoms with Crippen LogP contribution in [0, 0.1) is 11.8 Å². The molecule has 0 aromatic heterocycles. The van der Waals surface area contributed by atoms with E-state index in [2.05, 4.69) is 10.5 Å². The molecule has 2 amide bonds. The highest BCUT2D eigenvalue weighted by Crippen LogP contribution is 2.52. The predicted molar refractivity (Wildman–Crippen MR) is 129 cm³/mol. The summed E-state index contributed by atoms with van der Waals surface area (Å²) in [5.41, 5.74) is -4.35. The lowest BCUT2D eigenvalue weighted by Gasteiger charge is -2.40. The summed E-state index contributed by atoms with van der Waals surface area (Å²) in [7, 11) is 0. The first-order valence-electron chi connectivity index (χ1n) is 11.4. The van der Waals surface area contributed by atoms with Gasteiger partial charge in [0.1, 0.15) is 5.67 Å². The van der Waals surface area contributed by atoms with Gasteiger partial charge in [-0.1, -0.05) is 64.2 Å². The molecule has 0 saturated heterocycles. The summed E-state index contributed by atoms with van der Waals surface area (Å²) in [5, 5.41) is 5.62. The molecule has 1 N–H and O–H groups in total. The molecule has 2 aromatic rings. The van der Waals surface area contributed by atoms with Crippen LogP contribution >= 0.6 is 34.8 Å². The summed E-state index contributed by atoms with van der Waals surface area (Å²) in [4.78, 5) is 28.9. The summed E-state index contributed by atoms with van der Waals surface area (Å²) in [5.74, 6) is -1.54. The molecule has 1 heterocycles. The molecule has 1 aliphatic heterocycles. The van der Waals surface area contributed by atoms with Gasteiger partial charge >= 0.3 is 6.18 Å². The lowest BCUT2D eigenvalue weighted by atomic mass is 9.68. The van der Waals surface area contributed by atoms with Crippen LogP contribution in [0.15, 0.2) is 41.6 Å². The molecule has 1 atom stereocenters. The van der Waals surface area contributed by atoms with Gasteiger partial charge in [0.2, 0.25) is 11.8 Å². The molecule has 5 nitrogen and oxygen atoms in total. The van der Waals surface area contributed by atoms with E-state index in [-0.39, 0.29) is 56.6 Å². The van der Waals surface area contributed by atoms with Crippen LogP contribution in [0.2, 0.25) is 15.1 Å². The molecule has 0 radical (unpaired) electrons. The Kier molecular flexibility index (Phi) is 6.48. The van der Waals surface area contributed by atoms with Gasteiger partial charge in [-0.25, -0.2) is 4.39 Å². The molecule has 0 spiro atoms. The number of rotatable bonds is 5. The molecule has 0 bridgehead atoms. The van der Waals surface area contributed by atoms with E-state index in [0.717, 1.165) is 25.0 Å². The zero-order chi connectivity index (χ0) is 26.8. The SMILES string of the molecule is O=C(NC(=O)C1CC(F)(c2ccc(C3=NOC(c4cc(Cl)c(Cl)c(Cl)c4)(C(F)(F)F)C3)cc2)C1)C1CC1. The van der Waals surface area contributed by atoms with Gasteiger partial charge in [-0.15, -0.1) is 0 Å². The van der Waals surface area contributed by atoms with Gasteiger partial charge in [0, 0.05) is 23.8 Å². The summed E-state index contributed by atoms with van der Waals surface area (Å²) in [6.07, 6.45) is -4.20. The Bertz CT molecular complexity index is 1280. The van der Waals surface area contributed by atoms with Crippen molar-refractivity contribution < 1.29 is 32.0 Å². The third kappa shape index (κ3) is 4.70. The van der Waals surface area contributed by atoms with Crippen molar-refractivity contribution in [2.75, 3.05) is 0 Å². The molecule has 2 fully saturated rings. The minimum Gasteiger partial charge on any atom is -0.374 e. The van der Waals surface area contributed by atoms with E-state index in [4.69, 9.17) is 39.6 Å². The summed E-state index contributed by atoms with van der Waals surface area (Å²) in [6, 6.07) is 7.89. The highest BCUT2D eigenvalue weighted by atomic mass is 35.5. The number of oxime groups is 1. The van der Waals surface area contributed by atoms with Gasteiger partial charge in [0.05, 0.1) is 20.8 Å². The highest BCUT2D eigenvalue weighted by Gasteiger charge is 2.62. The number of hydrogen-bond acceptors (Lipinski definition) is 4. The molecular weight excluding hydrogens is 559 g/mol. The van der Waals surface area contributed by atoms with E-state index in [1.807, 2.05) is 0 Å². The number of imide groups is 1. The number of benzene rings is 2. The maximum Gasteiger partial charge on any atom is 0.435 e. The molecule has 37 heavy (non-hydrogen) atoms. The molecular formula is C25H19Cl3F4N2O3. The zero-order valence-corrected chi connectivity index (χ0v) is 21.2. The fourth-order valence-corrected chi connectivity index (χ4v) is 5.22. The van der Waals surface area contributed by atoms with Crippen LogP contribution in [0.5, 0.6) is 0 Å². The zero-order valence-electron chi connectivity index (χ0n) is 19.0. The summed E-state index contributed by atoms with van der Waals surface area (Å²) >= 11 is 17.8. The molecule has 196 valence electrons. The van der Waals surface area contributed by atoms with Crippen LogP contribution in [0.3, 0.4) is 0 Å². The van der Waals surface area contributed by atoms with Crippen molar-refractivity contribution in [3.63, 3.8) is 0 Å². The normalized spacial score (nSPS) is 27.2.